The van der Waals surface area contributed by atoms with Crippen LogP contribution in [-0.2, 0) is 33.2 Å². The van der Waals surface area contributed by atoms with Crippen molar-refractivity contribution in [3.63, 3.8) is 0 Å². The molecule has 1 rings (SSSR count). The highest BCUT2D eigenvalue weighted by molar-refractivity contribution is 6.82. The fourth-order valence-corrected chi connectivity index (χ4v) is 19.3. The zero-order valence-corrected chi connectivity index (χ0v) is 41.6. The maximum absolute atomic E-state index is 10.0. The van der Waals surface area contributed by atoms with Gasteiger partial charge in [-0.15, -0.1) is 0 Å². The Morgan fingerprint density at radius 2 is 1.04 bits per heavy atom. The highest BCUT2D eigenvalue weighted by atomic mass is 28.3. The number of hydrogen-bond acceptors (Lipinski definition) is 10. The lowest BCUT2D eigenvalue weighted by Crippen LogP contribution is -2.30. The van der Waals surface area contributed by atoms with E-state index in [4.69, 9.17) is 44.0 Å². The van der Waals surface area contributed by atoms with Gasteiger partial charge in [-0.1, -0.05) is 109 Å². The predicted octanol–water partition coefficient (Wildman–Crippen LogP) is 8.22. The number of nitrogens with two attached hydrogens (primary N) is 1. The Balaban J connectivity index is 0. The minimum absolute atomic E-state index is 0.0664. The highest BCUT2D eigenvalue weighted by Crippen LogP contribution is 2.25. The first-order valence-corrected chi connectivity index (χ1v) is 35.7. The van der Waals surface area contributed by atoms with Crippen molar-refractivity contribution in [2.24, 2.45) is 5.73 Å². The molecule has 0 amide bonds. The van der Waals surface area contributed by atoms with E-state index in [1.807, 2.05) is 0 Å². The fourth-order valence-electron chi connectivity index (χ4n) is 5.18. The van der Waals surface area contributed by atoms with E-state index in [0.717, 1.165) is 71.7 Å². The summed E-state index contributed by atoms with van der Waals surface area (Å²) in [7, 11) is -3.77. The number of aliphatic hydroxyl groups excluding tert-OH is 2. The molecule has 0 aromatic carbocycles. The molecule has 1 aliphatic heterocycles. The highest BCUT2D eigenvalue weighted by Gasteiger charge is 2.26. The summed E-state index contributed by atoms with van der Waals surface area (Å²) in [6.07, 6.45) is 6.30. The summed E-state index contributed by atoms with van der Waals surface area (Å²) < 4.78 is 37.2. The third-order valence-electron chi connectivity index (χ3n) is 9.07. The summed E-state index contributed by atoms with van der Waals surface area (Å²) in [4.78, 5) is 0. The minimum Gasteiger partial charge on any atom is -0.394 e. The maximum Gasteiger partial charge on any atom is 0.104 e. The van der Waals surface area contributed by atoms with Gasteiger partial charge in [0.25, 0.3) is 0 Å². The van der Waals surface area contributed by atoms with Crippen molar-refractivity contribution in [2.45, 2.75) is 159 Å². The van der Waals surface area contributed by atoms with Crippen LogP contribution >= 0.6 is 0 Å². The zero-order chi connectivity index (χ0) is 41.2. The number of aliphatic hydroxyl groups is 2. The van der Waals surface area contributed by atoms with Gasteiger partial charge in [0.2, 0.25) is 0 Å². The molecule has 0 spiro atoms. The molecule has 0 aliphatic carbocycles. The Bertz CT molecular complexity index is 790. The topological polar surface area (TPSA) is 134 Å². The molecule has 0 radical (unpaired) electrons. The third kappa shape index (κ3) is 48.6. The first-order chi connectivity index (χ1) is 25.4. The molecule has 328 valence electrons. The average Bonchev–Trinajstić information content (AvgIpc) is 3.92. The van der Waals surface area contributed by atoms with Crippen molar-refractivity contribution in [1.82, 2.24) is 0 Å². The predicted molar refractivity (Wildman–Crippen MR) is 241 cm³/mol. The monoisotopic (exact) mass is 844 g/mol. The van der Waals surface area contributed by atoms with Crippen LogP contribution in [0.2, 0.25) is 102 Å². The second-order valence-corrected chi connectivity index (χ2v) is 40.8. The summed E-state index contributed by atoms with van der Waals surface area (Å²) in [5, 5.41) is 18.3. The van der Waals surface area contributed by atoms with Gasteiger partial charge in [-0.3, -0.25) is 0 Å². The fraction of sp³-hybridized carbons (Fsp3) is 1.00. The van der Waals surface area contributed by atoms with E-state index in [1.54, 1.807) is 0 Å². The molecule has 4 N–H and O–H groups in total. The van der Waals surface area contributed by atoms with Gasteiger partial charge in [0.1, 0.15) is 6.10 Å². The van der Waals surface area contributed by atoms with Gasteiger partial charge in [-0.25, -0.2) is 0 Å². The van der Waals surface area contributed by atoms with Gasteiger partial charge in [0.05, 0.1) is 72.2 Å². The van der Waals surface area contributed by atoms with Crippen molar-refractivity contribution in [3.8, 4) is 0 Å². The van der Waals surface area contributed by atoms with Crippen LogP contribution in [0.1, 0.15) is 45.4 Å². The zero-order valence-electron chi connectivity index (χ0n) is 37.6. The first kappa shape index (κ1) is 56.6. The second-order valence-electron chi connectivity index (χ2n) is 18.9. The molecule has 0 aromatic rings. The van der Waals surface area contributed by atoms with E-state index < -0.39 is 32.3 Å². The Morgan fingerprint density at radius 3 is 1.50 bits per heavy atom. The van der Waals surface area contributed by atoms with Crippen LogP contribution in [0.4, 0.5) is 0 Å². The number of hydrogen-bond donors (Lipinski definition) is 3. The Morgan fingerprint density at radius 1 is 0.574 bits per heavy atom. The Kier molecular flexibility index (Phi) is 37.1. The summed E-state index contributed by atoms with van der Waals surface area (Å²) in [6.45, 7) is 36.6. The smallest absolute Gasteiger partial charge is 0.104 e. The van der Waals surface area contributed by atoms with E-state index in [1.165, 1.54) is 42.7 Å². The molecule has 2 unspecified atom stereocenters. The van der Waals surface area contributed by atoms with Crippen molar-refractivity contribution in [3.05, 3.63) is 0 Å². The van der Waals surface area contributed by atoms with E-state index in [9.17, 15) is 5.11 Å². The number of rotatable bonds is 35. The van der Waals surface area contributed by atoms with Crippen LogP contribution in [0.5, 0.6) is 0 Å². The number of ether oxygens (including phenoxy) is 7. The number of unbranched alkanes of at least 4 members (excludes halogenated alkanes) is 1. The molecule has 0 aromatic heterocycles. The normalized spacial score (nSPS) is 15.3. The molecule has 0 bridgehead atoms. The average molecular weight is 845 g/mol. The van der Waals surface area contributed by atoms with E-state index in [-0.39, 0.29) is 12.7 Å². The molecule has 10 nitrogen and oxygen atoms in total. The molecule has 1 fully saturated rings. The van der Waals surface area contributed by atoms with Crippen molar-refractivity contribution >= 4 is 32.3 Å². The molecule has 14 heteroatoms. The van der Waals surface area contributed by atoms with Gasteiger partial charge < -0.3 is 49.1 Å². The summed E-state index contributed by atoms with van der Waals surface area (Å²) in [6, 6.07) is 8.69. The summed E-state index contributed by atoms with van der Waals surface area (Å²) in [5.41, 5.74) is 5.16. The number of epoxide rings is 1. The van der Waals surface area contributed by atoms with E-state index in [2.05, 4.69) is 72.4 Å². The first-order valence-electron chi connectivity index (χ1n) is 21.4. The van der Waals surface area contributed by atoms with Crippen LogP contribution in [-0.4, -0.2) is 154 Å². The molecule has 2 atom stereocenters. The standard InChI is InChI=1S/C21H48O4Si2.C13H30O2Si2.C6H15NO3/c1-7-12-23-15-16-24-13-9-8-11-21(22)20-25-14-10-17-27(5,6)19-18-26(2,3)4;1-16(2,3)9-10-17(4,5)8-6-7-14-11-13-12-15-13;7-1-3-9-5-6-10-4-2-8/h21-22H,7-20H2,1-6H3;13H,6-12H2,1-5H3;8H,1-7H2. The maximum atomic E-state index is 10.0. The molecule has 1 saturated heterocycles. The van der Waals surface area contributed by atoms with E-state index >= 15 is 0 Å². The van der Waals surface area contributed by atoms with Gasteiger partial charge >= 0.3 is 0 Å². The SMILES string of the molecule is CCCOCCOCCCCC(O)COCCC[Si](C)(C)CC[Si](C)(C)C.C[Si](C)(C)CC[Si](C)(C)CCCOCC1CO1.NCCOCCOCCO. The third-order valence-corrected chi connectivity index (χ3v) is 20.2. The lowest BCUT2D eigenvalue weighted by molar-refractivity contribution is 0.0269. The Hall–Kier alpha value is 0.468. The van der Waals surface area contributed by atoms with Gasteiger partial charge in [0, 0.05) is 65.3 Å². The van der Waals surface area contributed by atoms with Crippen LogP contribution in [0.25, 0.3) is 0 Å². The lowest BCUT2D eigenvalue weighted by Gasteiger charge is -2.26. The minimum atomic E-state index is -1.07. The quantitative estimate of drug-likeness (QED) is 0.0326. The molecule has 1 heterocycles. The lowest BCUT2D eigenvalue weighted by atomic mass is 10.2. The van der Waals surface area contributed by atoms with Crippen molar-refractivity contribution in [2.75, 3.05) is 99.0 Å². The van der Waals surface area contributed by atoms with Crippen LogP contribution in [0.3, 0.4) is 0 Å². The second kappa shape index (κ2) is 35.4. The molecular formula is C40H93NO9Si4. The van der Waals surface area contributed by atoms with E-state index in [0.29, 0.717) is 58.9 Å². The molecule has 0 saturated carbocycles. The van der Waals surface area contributed by atoms with Crippen molar-refractivity contribution in [1.29, 1.82) is 0 Å². The van der Waals surface area contributed by atoms with Gasteiger partial charge in [-0.05, 0) is 38.5 Å². The van der Waals surface area contributed by atoms with Crippen LogP contribution in [0, 0.1) is 0 Å². The van der Waals surface area contributed by atoms with Crippen molar-refractivity contribution < 1.29 is 43.4 Å². The Labute approximate surface area is 338 Å². The van der Waals surface area contributed by atoms with Gasteiger partial charge in [-0.2, -0.15) is 0 Å². The molecule has 54 heavy (non-hydrogen) atoms. The summed E-state index contributed by atoms with van der Waals surface area (Å²) >= 11 is 0. The summed E-state index contributed by atoms with van der Waals surface area (Å²) in [5.74, 6) is 0. The van der Waals surface area contributed by atoms with Crippen LogP contribution in [0.15, 0.2) is 0 Å². The largest absolute Gasteiger partial charge is 0.394 e. The molecule has 1 aliphatic rings. The molecular weight excluding hydrogens is 751 g/mol. The van der Waals surface area contributed by atoms with Gasteiger partial charge in [0.15, 0.2) is 0 Å². The van der Waals surface area contributed by atoms with Crippen LogP contribution < -0.4 is 5.73 Å².